The van der Waals surface area contributed by atoms with Crippen molar-refractivity contribution in [2.45, 2.75) is 33.1 Å². The van der Waals surface area contributed by atoms with Crippen LogP contribution in [0.15, 0.2) is 12.4 Å². The minimum absolute atomic E-state index is 0.0118. The fourth-order valence-electron chi connectivity index (χ4n) is 1.62. The second kappa shape index (κ2) is 6.70. The molecule has 1 atom stereocenters. The molecule has 1 amide bonds. The molecule has 0 spiro atoms. The number of aromatic nitrogens is 2. The molecule has 0 aliphatic heterocycles. The molecule has 0 aliphatic carbocycles. The van der Waals surface area contributed by atoms with Gasteiger partial charge in [-0.1, -0.05) is 20.3 Å². The van der Waals surface area contributed by atoms with Crippen molar-refractivity contribution >= 4 is 15.9 Å². The maximum Gasteiger partial charge on any atom is 0.235 e. The van der Waals surface area contributed by atoms with Crippen LogP contribution in [0.25, 0.3) is 0 Å². The van der Waals surface area contributed by atoms with Crippen LogP contribution in [0.1, 0.15) is 32.3 Å². The highest BCUT2D eigenvalue weighted by molar-refractivity contribution is 7.90. The number of carbonyl (C=O) groups is 1. The van der Waals surface area contributed by atoms with E-state index in [-0.39, 0.29) is 18.1 Å². The van der Waals surface area contributed by atoms with Gasteiger partial charge in [-0.2, -0.15) is 5.10 Å². The van der Waals surface area contributed by atoms with Crippen molar-refractivity contribution in [3.05, 3.63) is 18.0 Å². The minimum atomic E-state index is -3.51. The van der Waals surface area contributed by atoms with Crippen LogP contribution in [0.5, 0.6) is 0 Å². The average molecular weight is 287 g/mol. The fourth-order valence-corrected chi connectivity index (χ4v) is 3.13. The largest absolute Gasteiger partial charge is 0.276 e. The van der Waals surface area contributed by atoms with Gasteiger partial charge in [0.15, 0.2) is 0 Å². The zero-order valence-electron chi connectivity index (χ0n) is 11.6. The number of hydrogen-bond donors (Lipinski definition) is 1. The lowest BCUT2D eigenvalue weighted by molar-refractivity contribution is -0.119. The second-order valence-electron chi connectivity index (χ2n) is 4.84. The highest BCUT2D eigenvalue weighted by atomic mass is 32.2. The number of carbonyl (C=O) groups excluding carboxylic acids is 1. The lowest BCUT2D eigenvalue weighted by Gasteiger charge is -2.10. The summed E-state index contributed by atoms with van der Waals surface area (Å²) in [5.41, 5.74) is 0.914. The summed E-state index contributed by atoms with van der Waals surface area (Å²) in [5, 5.41) is 3.99. The summed E-state index contributed by atoms with van der Waals surface area (Å²) < 4.78 is 27.1. The van der Waals surface area contributed by atoms with Gasteiger partial charge in [0.2, 0.25) is 15.9 Å². The van der Waals surface area contributed by atoms with E-state index in [1.54, 1.807) is 24.1 Å². The van der Waals surface area contributed by atoms with E-state index in [0.29, 0.717) is 6.42 Å². The first-order valence-electron chi connectivity index (χ1n) is 6.33. The van der Waals surface area contributed by atoms with Crippen LogP contribution in [-0.4, -0.2) is 29.9 Å². The Balaban J connectivity index is 2.42. The first kappa shape index (κ1) is 15.7. The van der Waals surface area contributed by atoms with Gasteiger partial charge in [0, 0.05) is 19.7 Å². The molecule has 0 radical (unpaired) electrons. The van der Waals surface area contributed by atoms with Crippen molar-refractivity contribution in [2.24, 2.45) is 13.0 Å². The molecule has 0 saturated carbocycles. The molecule has 0 aliphatic rings. The number of nitrogens with one attached hydrogen (secondary N) is 1. The van der Waals surface area contributed by atoms with E-state index in [1.807, 2.05) is 13.8 Å². The van der Waals surface area contributed by atoms with Gasteiger partial charge in [-0.05, 0) is 17.9 Å². The predicted octanol–water partition coefficient (Wildman–Crippen LogP) is 0.845. The highest BCUT2D eigenvalue weighted by Crippen LogP contribution is 2.05. The van der Waals surface area contributed by atoms with E-state index in [4.69, 9.17) is 0 Å². The highest BCUT2D eigenvalue weighted by Gasteiger charge is 2.17. The summed E-state index contributed by atoms with van der Waals surface area (Å²) in [7, 11) is -1.72. The summed E-state index contributed by atoms with van der Waals surface area (Å²) in [6.45, 7) is 3.77. The molecule has 19 heavy (non-hydrogen) atoms. The number of amides is 1. The van der Waals surface area contributed by atoms with Crippen LogP contribution in [0, 0.1) is 5.92 Å². The third-order valence-electron chi connectivity index (χ3n) is 2.87. The van der Waals surface area contributed by atoms with Gasteiger partial charge >= 0.3 is 0 Å². The number of rotatable bonds is 7. The Bertz CT molecular complexity index is 522. The van der Waals surface area contributed by atoms with Crippen molar-refractivity contribution in [2.75, 3.05) is 5.75 Å². The normalized spacial score (nSPS) is 13.2. The van der Waals surface area contributed by atoms with E-state index < -0.39 is 15.9 Å². The molecule has 1 unspecified atom stereocenters. The zero-order valence-corrected chi connectivity index (χ0v) is 12.4. The van der Waals surface area contributed by atoms with E-state index in [9.17, 15) is 13.2 Å². The van der Waals surface area contributed by atoms with Gasteiger partial charge in [-0.3, -0.25) is 14.2 Å². The molecule has 108 valence electrons. The molecule has 0 saturated heterocycles. The van der Waals surface area contributed by atoms with Gasteiger partial charge in [0.05, 0.1) is 11.9 Å². The Morgan fingerprint density at radius 3 is 2.74 bits per heavy atom. The van der Waals surface area contributed by atoms with E-state index >= 15 is 0 Å². The molecule has 1 heterocycles. The topological polar surface area (TPSA) is 81.1 Å². The van der Waals surface area contributed by atoms with Crippen LogP contribution in [0.2, 0.25) is 0 Å². The summed E-state index contributed by atoms with van der Waals surface area (Å²) in [4.78, 5) is 11.6. The minimum Gasteiger partial charge on any atom is -0.276 e. The van der Waals surface area contributed by atoms with Gasteiger partial charge in [0.25, 0.3) is 0 Å². The number of aryl methyl sites for hydroxylation is 2. The third-order valence-corrected chi connectivity index (χ3v) is 4.42. The van der Waals surface area contributed by atoms with E-state index in [1.165, 1.54) is 0 Å². The van der Waals surface area contributed by atoms with Gasteiger partial charge in [0.1, 0.15) is 0 Å². The lowest BCUT2D eigenvalue weighted by Crippen LogP contribution is -2.34. The van der Waals surface area contributed by atoms with Gasteiger partial charge in [-0.15, -0.1) is 0 Å². The van der Waals surface area contributed by atoms with Crippen LogP contribution in [0.3, 0.4) is 0 Å². The Labute approximate surface area is 114 Å². The SMILES string of the molecule is CCC(C)CS(=O)(=O)NC(=O)CCc1cnn(C)c1. The van der Waals surface area contributed by atoms with Crippen molar-refractivity contribution in [3.8, 4) is 0 Å². The van der Waals surface area contributed by atoms with Crippen LogP contribution >= 0.6 is 0 Å². The third kappa shape index (κ3) is 5.87. The van der Waals surface area contributed by atoms with E-state index in [2.05, 4.69) is 9.82 Å². The van der Waals surface area contributed by atoms with Gasteiger partial charge in [-0.25, -0.2) is 8.42 Å². The second-order valence-corrected chi connectivity index (χ2v) is 6.61. The van der Waals surface area contributed by atoms with E-state index in [0.717, 1.165) is 12.0 Å². The standard InChI is InChI=1S/C12H21N3O3S/c1-4-10(2)9-19(17,18)14-12(16)6-5-11-7-13-15(3)8-11/h7-8,10H,4-6,9H2,1-3H3,(H,14,16). The van der Waals surface area contributed by atoms with Crippen molar-refractivity contribution < 1.29 is 13.2 Å². The average Bonchev–Trinajstić information content (AvgIpc) is 2.71. The fraction of sp³-hybridized carbons (Fsp3) is 0.667. The maximum absolute atomic E-state index is 11.7. The van der Waals surface area contributed by atoms with Crippen molar-refractivity contribution in [1.29, 1.82) is 0 Å². The van der Waals surface area contributed by atoms with Crippen LogP contribution in [-0.2, 0) is 28.3 Å². The molecule has 0 fully saturated rings. The molecule has 1 aromatic heterocycles. The quantitative estimate of drug-likeness (QED) is 0.806. The molecular formula is C12H21N3O3S. The lowest BCUT2D eigenvalue weighted by atomic mass is 10.2. The van der Waals surface area contributed by atoms with Crippen LogP contribution in [0.4, 0.5) is 0 Å². The maximum atomic E-state index is 11.7. The zero-order chi connectivity index (χ0) is 14.5. The monoisotopic (exact) mass is 287 g/mol. The molecule has 1 aromatic rings. The molecule has 0 bridgehead atoms. The summed E-state index contributed by atoms with van der Waals surface area (Å²) >= 11 is 0. The molecule has 0 aromatic carbocycles. The molecule has 7 heteroatoms. The predicted molar refractivity (Wildman–Crippen MR) is 72.9 cm³/mol. The Morgan fingerprint density at radius 2 is 2.21 bits per heavy atom. The smallest absolute Gasteiger partial charge is 0.235 e. The Hall–Kier alpha value is -1.37. The first-order valence-corrected chi connectivity index (χ1v) is 7.98. The number of hydrogen-bond acceptors (Lipinski definition) is 4. The van der Waals surface area contributed by atoms with Crippen LogP contribution < -0.4 is 4.72 Å². The van der Waals surface area contributed by atoms with Crippen molar-refractivity contribution in [1.82, 2.24) is 14.5 Å². The van der Waals surface area contributed by atoms with Gasteiger partial charge < -0.3 is 0 Å². The molecule has 1 rings (SSSR count). The molecule has 6 nitrogen and oxygen atoms in total. The Kier molecular flexibility index (Phi) is 5.53. The summed E-state index contributed by atoms with van der Waals surface area (Å²) in [5.74, 6) is -0.432. The number of nitrogens with zero attached hydrogens (tertiary/aromatic N) is 2. The summed E-state index contributed by atoms with van der Waals surface area (Å²) in [6, 6.07) is 0. The molecule has 1 N–H and O–H groups in total. The molecular weight excluding hydrogens is 266 g/mol. The first-order chi connectivity index (χ1) is 8.82. The number of sulfonamides is 1. The summed E-state index contributed by atoms with van der Waals surface area (Å²) in [6.07, 6.45) is 4.87. The Morgan fingerprint density at radius 1 is 1.53 bits per heavy atom. The van der Waals surface area contributed by atoms with Crippen molar-refractivity contribution in [3.63, 3.8) is 0 Å².